The number of hydrogen-bond donors (Lipinski definition) is 0. The van der Waals surface area contributed by atoms with Crippen LogP contribution in [0.25, 0.3) is 11.0 Å². The van der Waals surface area contributed by atoms with Gasteiger partial charge in [0.15, 0.2) is 11.5 Å². The molecular formula is C20H16O7. The molecule has 27 heavy (non-hydrogen) atoms. The standard InChI is InChI=1S/C20H16O7/c1-23-13-6-7-14-12(8-19(21)27-17(14)9-13)10-25-20(22)18-11-24-15-4-2-3-5-16(15)26-18/h2-9,18H,10-11H2,1H3/t18-/m0/s1. The summed E-state index contributed by atoms with van der Waals surface area (Å²) in [5.74, 6) is 1.07. The number of rotatable bonds is 4. The predicted molar refractivity (Wildman–Crippen MR) is 95.2 cm³/mol. The fourth-order valence-electron chi connectivity index (χ4n) is 2.83. The summed E-state index contributed by atoms with van der Waals surface area (Å²) in [5, 5.41) is 0.661. The van der Waals surface area contributed by atoms with Crippen LogP contribution >= 0.6 is 0 Å². The molecule has 0 N–H and O–H groups in total. The number of ether oxygens (including phenoxy) is 4. The van der Waals surface area contributed by atoms with Crippen LogP contribution in [0.15, 0.2) is 57.7 Å². The van der Waals surface area contributed by atoms with Crippen LogP contribution < -0.4 is 19.8 Å². The average molecular weight is 368 g/mol. The van der Waals surface area contributed by atoms with Gasteiger partial charge in [-0.15, -0.1) is 0 Å². The third kappa shape index (κ3) is 3.44. The summed E-state index contributed by atoms with van der Waals surface area (Å²) in [6, 6.07) is 13.5. The average Bonchev–Trinajstić information content (AvgIpc) is 2.70. The lowest BCUT2D eigenvalue weighted by Gasteiger charge is -2.24. The zero-order valence-electron chi connectivity index (χ0n) is 14.5. The van der Waals surface area contributed by atoms with Crippen molar-refractivity contribution >= 4 is 16.9 Å². The van der Waals surface area contributed by atoms with Crippen LogP contribution in [0.4, 0.5) is 0 Å². The zero-order chi connectivity index (χ0) is 18.8. The minimum absolute atomic E-state index is 0.0602. The fraction of sp³-hybridized carbons (Fsp3) is 0.200. The van der Waals surface area contributed by atoms with Crippen molar-refractivity contribution in [2.45, 2.75) is 12.7 Å². The molecular weight excluding hydrogens is 352 g/mol. The van der Waals surface area contributed by atoms with Crippen molar-refractivity contribution < 1.29 is 28.2 Å². The van der Waals surface area contributed by atoms with E-state index >= 15 is 0 Å². The van der Waals surface area contributed by atoms with E-state index in [1.165, 1.54) is 13.2 Å². The minimum Gasteiger partial charge on any atom is -0.497 e. The molecule has 1 atom stereocenters. The van der Waals surface area contributed by atoms with Crippen LogP contribution in [-0.2, 0) is 16.1 Å². The Morgan fingerprint density at radius 3 is 2.78 bits per heavy atom. The van der Waals surface area contributed by atoms with E-state index in [-0.39, 0.29) is 13.2 Å². The van der Waals surface area contributed by atoms with Crippen LogP contribution in [0, 0.1) is 0 Å². The molecule has 0 saturated heterocycles. The van der Waals surface area contributed by atoms with Crippen molar-refractivity contribution in [3.63, 3.8) is 0 Å². The maximum atomic E-state index is 12.4. The van der Waals surface area contributed by atoms with E-state index in [0.717, 1.165) is 0 Å². The Hall–Kier alpha value is -3.48. The molecule has 0 unspecified atom stereocenters. The van der Waals surface area contributed by atoms with E-state index in [1.807, 2.05) is 6.07 Å². The van der Waals surface area contributed by atoms with E-state index in [0.29, 0.717) is 33.8 Å². The Kier molecular flexibility index (Phi) is 4.42. The molecule has 0 saturated carbocycles. The van der Waals surface area contributed by atoms with Crippen LogP contribution in [0.2, 0.25) is 0 Å². The van der Waals surface area contributed by atoms with Crippen LogP contribution in [-0.4, -0.2) is 25.8 Å². The van der Waals surface area contributed by atoms with Crippen molar-refractivity contribution in [3.05, 3.63) is 64.5 Å². The number of para-hydroxylation sites is 2. The van der Waals surface area contributed by atoms with E-state index in [2.05, 4.69) is 0 Å². The van der Waals surface area contributed by atoms with E-state index in [1.54, 1.807) is 36.4 Å². The van der Waals surface area contributed by atoms with Gasteiger partial charge in [-0.05, 0) is 24.3 Å². The van der Waals surface area contributed by atoms with Crippen LogP contribution in [0.1, 0.15) is 5.56 Å². The number of carbonyl (C=O) groups excluding carboxylic acids is 1. The molecule has 1 aliphatic heterocycles. The predicted octanol–water partition coefficient (Wildman–Crippen LogP) is 2.68. The van der Waals surface area contributed by atoms with Crippen molar-refractivity contribution in [1.29, 1.82) is 0 Å². The molecule has 7 nitrogen and oxygen atoms in total. The Labute approximate surface area is 154 Å². The molecule has 3 aromatic rings. The quantitative estimate of drug-likeness (QED) is 0.517. The van der Waals surface area contributed by atoms with Gasteiger partial charge in [0.1, 0.15) is 24.5 Å². The fourth-order valence-corrected chi connectivity index (χ4v) is 2.83. The summed E-state index contributed by atoms with van der Waals surface area (Å²) in [6.07, 6.45) is -0.869. The summed E-state index contributed by atoms with van der Waals surface area (Å²) in [4.78, 5) is 24.1. The minimum atomic E-state index is -0.869. The first-order valence-electron chi connectivity index (χ1n) is 8.30. The molecule has 138 valence electrons. The van der Waals surface area contributed by atoms with E-state index in [9.17, 15) is 9.59 Å². The summed E-state index contributed by atoms with van der Waals surface area (Å²) in [6.45, 7) is -0.0283. The van der Waals surface area contributed by atoms with Crippen LogP contribution in [0.3, 0.4) is 0 Å². The van der Waals surface area contributed by atoms with Gasteiger partial charge in [0.2, 0.25) is 6.10 Å². The lowest BCUT2D eigenvalue weighted by atomic mass is 10.1. The lowest BCUT2D eigenvalue weighted by molar-refractivity contribution is -0.155. The highest BCUT2D eigenvalue weighted by Crippen LogP contribution is 2.31. The first-order chi connectivity index (χ1) is 13.1. The molecule has 7 heteroatoms. The molecule has 0 fully saturated rings. The Morgan fingerprint density at radius 2 is 1.96 bits per heavy atom. The summed E-state index contributed by atoms with van der Waals surface area (Å²) >= 11 is 0. The number of hydrogen-bond acceptors (Lipinski definition) is 7. The Balaban J connectivity index is 1.50. The van der Waals surface area contributed by atoms with Gasteiger partial charge < -0.3 is 23.4 Å². The smallest absolute Gasteiger partial charge is 0.351 e. The van der Waals surface area contributed by atoms with Crippen molar-refractivity contribution in [1.82, 2.24) is 0 Å². The molecule has 0 amide bonds. The van der Waals surface area contributed by atoms with Gasteiger partial charge in [-0.2, -0.15) is 0 Å². The first-order valence-corrected chi connectivity index (χ1v) is 8.30. The summed E-state index contributed by atoms with van der Waals surface area (Å²) in [5.41, 5.74) is 0.362. The Bertz CT molecular complexity index is 1050. The monoisotopic (exact) mass is 368 g/mol. The van der Waals surface area contributed by atoms with Crippen molar-refractivity contribution in [2.24, 2.45) is 0 Å². The highest BCUT2D eigenvalue weighted by molar-refractivity contribution is 5.82. The maximum absolute atomic E-state index is 12.4. The summed E-state index contributed by atoms with van der Waals surface area (Å²) in [7, 11) is 1.52. The molecule has 2 aromatic carbocycles. The van der Waals surface area contributed by atoms with Gasteiger partial charge in [-0.3, -0.25) is 0 Å². The van der Waals surface area contributed by atoms with Crippen molar-refractivity contribution in [3.8, 4) is 17.2 Å². The highest BCUT2D eigenvalue weighted by atomic mass is 16.6. The summed E-state index contributed by atoms with van der Waals surface area (Å²) < 4.78 is 26.8. The molecule has 0 spiro atoms. The molecule has 0 aliphatic carbocycles. The molecule has 1 aliphatic rings. The molecule has 1 aromatic heterocycles. The Morgan fingerprint density at radius 1 is 1.15 bits per heavy atom. The van der Waals surface area contributed by atoms with Gasteiger partial charge in [-0.1, -0.05) is 12.1 Å². The van der Waals surface area contributed by atoms with Gasteiger partial charge in [0, 0.05) is 23.1 Å². The number of carbonyl (C=O) groups is 1. The first kappa shape index (κ1) is 17.0. The molecule has 2 heterocycles. The maximum Gasteiger partial charge on any atom is 0.351 e. The van der Waals surface area contributed by atoms with Crippen molar-refractivity contribution in [2.75, 3.05) is 13.7 Å². The lowest BCUT2D eigenvalue weighted by Crippen LogP contribution is -2.37. The largest absolute Gasteiger partial charge is 0.497 e. The highest BCUT2D eigenvalue weighted by Gasteiger charge is 2.28. The number of benzene rings is 2. The number of esters is 1. The van der Waals surface area contributed by atoms with Gasteiger partial charge in [0.25, 0.3) is 0 Å². The van der Waals surface area contributed by atoms with E-state index < -0.39 is 17.7 Å². The normalized spacial score (nSPS) is 15.4. The molecule has 0 bridgehead atoms. The second kappa shape index (κ2) is 7.03. The third-order valence-electron chi connectivity index (χ3n) is 4.18. The second-order valence-electron chi connectivity index (χ2n) is 5.92. The zero-order valence-corrected chi connectivity index (χ0v) is 14.5. The van der Waals surface area contributed by atoms with Gasteiger partial charge >= 0.3 is 11.6 Å². The van der Waals surface area contributed by atoms with Gasteiger partial charge in [0.05, 0.1) is 7.11 Å². The van der Waals surface area contributed by atoms with Gasteiger partial charge in [-0.25, -0.2) is 9.59 Å². The van der Waals surface area contributed by atoms with E-state index in [4.69, 9.17) is 23.4 Å². The third-order valence-corrected chi connectivity index (χ3v) is 4.18. The SMILES string of the molecule is COc1ccc2c(COC(=O)[C@@H]3COc4ccccc4O3)cc(=O)oc2c1. The topological polar surface area (TPSA) is 84.2 Å². The molecule has 0 radical (unpaired) electrons. The number of methoxy groups -OCH3 is 1. The number of fused-ring (bicyclic) bond motifs is 2. The molecule has 4 rings (SSSR count). The van der Waals surface area contributed by atoms with Crippen LogP contribution in [0.5, 0.6) is 17.2 Å². The second-order valence-corrected chi connectivity index (χ2v) is 5.92.